The van der Waals surface area contributed by atoms with Gasteiger partial charge in [-0.3, -0.25) is 4.90 Å². The van der Waals surface area contributed by atoms with Crippen molar-refractivity contribution in [2.45, 2.75) is 39.3 Å². The maximum Gasteiger partial charge on any atom is 0.120 e. The van der Waals surface area contributed by atoms with Crippen molar-refractivity contribution in [2.75, 3.05) is 13.1 Å². The van der Waals surface area contributed by atoms with E-state index in [1.807, 2.05) is 18.2 Å². The third-order valence-corrected chi connectivity index (χ3v) is 3.10. The van der Waals surface area contributed by atoms with Crippen LogP contribution in [-0.2, 0) is 0 Å². The summed E-state index contributed by atoms with van der Waals surface area (Å²) in [5, 5.41) is 9.94. The molecule has 0 saturated heterocycles. The summed E-state index contributed by atoms with van der Waals surface area (Å²) in [4.78, 5) is 2.31. The van der Waals surface area contributed by atoms with E-state index in [9.17, 15) is 5.11 Å². The third kappa shape index (κ3) is 3.20. The lowest BCUT2D eigenvalue weighted by Gasteiger charge is -2.41. The molecule has 0 saturated carbocycles. The van der Waals surface area contributed by atoms with Gasteiger partial charge in [-0.15, -0.1) is 0 Å². The van der Waals surface area contributed by atoms with Gasteiger partial charge in [0.2, 0.25) is 0 Å². The molecule has 1 aromatic carbocycles. The van der Waals surface area contributed by atoms with Crippen LogP contribution in [0.2, 0.25) is 0 Å². The van der Waals surface area contributed by atoms with Gasteiger partial charge < -0.3 is 10.8 Å². The minimum Gasteiger partial charge on any atom is -0.508 e. The van der Waals surface area contributed by atoms with Gasteiger partial charge in [0.25, 0.3) is 0 Å². The van der Waals surface area contributed by atoms with Crippen LogP contribution in [0, 0.1) is 0 Å². The highest BCUT2D eigenvalue weighted by molar-refractivity contribution is 5.35. The van der Waals surface area contributed by atoms with E-state index in [0.29, 0.717) is 12.3 Å². The lowest BCUT2D eigenvalue weighted by Crippen LogP contribution is -2.46. The summed E-state index contributed by atoms with van der Waals surface area (Å²) >= 11 is 0. The molecule has 3 N–H and O–H groups in total. The molecule has 17 heavy (non-hydrogen) atoms. The molecule has 1 aromatic rings. The zero-order valence-electron chi connectivity index (χ0n) is 11.3. The van der Waals surface area contributed by atoms with Crippen molar-refractivity contribution in [2.24, 2.45) is 5.73 Å². The Bertz CT molecular complexity index is 357. The number of aromatic hydroxyl groups is 1. The molecule has 0 bridgehead atoms. The summed E-state index contributed by atoms with van der Waals surface area (Å²) in [6.07, 6.45) is 0. The maximum absolute atomic E-state index is 9.94. The monoisotopic (exact) mass is 236 g/mol. The standard InChI is InChI=1S/C14H24N2O/c1-5-16(14(2,3)4)12(10-15)11-8-6-7-9-13(11)17/h6-9,12,17H,5,10,15H2,1-4H3. The lowest BCUT2D eigenvalue weighted by atomic mass is 9.97. The lowest BCUT2D eigenvalue weighted by molar-refractivity contribution is 0.0906. The van der Waals surface area contributed by atoms with Gasteiger partial charge in [-0.25, -0.2) is 0 Å². The Labute approximate surface area is 104 Å². The second kappa shape index (κ2) is 5.52. The number of para-hydroxylation sites is 1. The highest BCUT2D eigenvalue weighted by Gasteiger charge is 2.28. The van der Waals surface area contributed by atoms with Gasteiger partial charge >= 0.3 is 0 Å². The molecule has 0 aliphatic heterocycles. The van der Waals surface area contributed by atoms with E-state index in [4.69, 9.17) is 5.73 Å². The normalized spacial score (nSPS) is 14.0. The van der Waals surface area contributed by atoms with Gasteiger partial charge in [0.1, 0.15) is 5.75 Å². The molecule has 0 aliphatic carbocycles. The number of rotatable bonds is 4. The maximum atomic E-state index is 9.94. The highest BCUT2D eigenvalue weighted by atomic mass is 16.3. The van der Waals surface area contributed by atoms with Crippen molar-refractivity contribution in [1.82, 2.24) is 4.90 Å². The molecule has 0 amide bonds. The molecule has 0 aliphatic rings. The molecule has 0 fully saturated rings. The first-order chi connectivity index (χ1) is 7.91. The van der Waals surface area contributed by atoms with E-state index < -0.39 is 0 Å². The number of hydrogen-bond acceptors (Lipinski definition) is 3. The Hall–Kier alpha value is -1.06. The van der Waals surface area contributed by atoms with Crippen molar-refractivity contribution in [1.29, 1.82) is 0 Å². The number of nitrogens with zero attached hydrogens (tertiary/aromatic N) is 1. The predicted molar refractivity (Wildman–Crippen MR) is 72.0 cm³/mol. The van der Waals surface area contributed by atoms with Gasteiger partial charge in [0.05, 0.1) is 6.04 Å². The van der Waals surface area contributed by atoms with E-state index >= 15 is 0 Å². The van der Waals surface area contributed by atoms with Gasteiger partial charge in [0, 0.05) is 17.6 Å². The van der Waals surface area contributed by atoms with Crippen LogP contribution in [0.15, 0.2) is 24.3 Å². The Morgan fingerprint density at radius 2 is 1.88 bits per heavy atom. The molecule has 0 spiro atoms. The van der Waals surface area contributed by atoms with Crippen LogP contribution in [-0.4, -0.2) is 28.6 Å². The molecule has 0 aromatic heterocycles. The van der Waals surface area contributed by atoms with Crippen LogP contribution in [0.25, 0.3) is 0 Å². The summed E-state index contributed by atoms with van der Waals surface area (Å²) in [6.45, 7) is 10.0. The molecular formula is C14H24N2O. The summed E-state index contributed by atoms with van der Waals surface area (Å²) in [7, 11) is 0. The highest BCUT2D eigenvalue weighted by Crippen LogP contribution is 2.31. The van der Waals surface area contributed by atoms with Crippen LogP contribution in [0.1, 0.15) is 39.3 Å². The van der Waals surface area contributed by atoms with Gasteiger partial charge in [-0.1, -0.05) is 25.1 Å². The number of likely N-dealkylation sites (N-methyl/N-ethyl adjacent to an activating group) is 1. The Balaban J connectivity index is 3.10. The van der Waals surface area contributed by atoms with Crippen molar-refractivity contribution in [3.63, 3.8) is 0 Å². The van der Waals surface area contributed by atoms with Crippen LogP contribution in [0.4, 0.5) is 0 Å². The summed E-state index contributed by atoms with van der Waals surface area (Å²) in [5.74, 6) is 0.325. The molecule has 96 valence electrons. The van der Waals surface area contributed by atoms with E-state index in [0.717, 1.165) is 12.1 Å². The van der Waals surface area contributed by atoms with E-state index in [-0.39, 0.29) is 11.6 Å². The van der Waals surface area contributed by atoms with E-state index in [1.165, 1.54) is 0 Å². The van der Waals surface area contributed by atoms with Gasteiger partial charge in [-0.2, -0.15) is 0 Å². The zero-order valence-corrected chi connectivity index (χ0v) is 11.3. The molecule has 1 atom stereocenters. The zero-order chi connectivity index (χ0) is 13.1. The third-order valence-electron chi connectivity index (χ3n) is 3.10. The van der Waals surface area contributed by atoms with Crippen LogP contribution in [0.3, 0.4) is 0 Å². The molecule has 1 rings (SSSR count). The fraction of sp³-hybridized carbons (Fsp3) is 0.571. The Morgan fingerprint density at radius 3 is 2.29 bits per heavy atom. The SMILES string of the molecule is CCN(C(CN)c1ccccc1O)C(C)(C)C. The first-order valence-corrected chi connectivity index (χ1v) is 6.16. The topological polar surface area (TPSA) is 49.5 Å². The quantitative estimate of drug-likeness (QED) is 0.844. The summed E-state index contributed by atoms with van der Waals surface area (Å²) in [5.41, 5.74) is 6.83. The molecule has 3 nitrogen and oxygen atoms in total. The van der Waals surface area contributed by atoms with Crippen LogP contribution >= 0.6 is 0 Å². The Kier molecular flexibility index (Phi) is 4.54. The molecular weight excluding hydrogens is 212 g/mol. The van der Waals surface area contributed by atoms with Crippen molar-refractivity contribution in [3.05, 3.63) is 29.8 Å². The first kappa shape index (κ1) is 14.0. The van der Waals surface area contributed by atoms with Gasteiger partial charge in [-0.05, 0) is 33.4 Å². The smallest absolute Gasteiger partial charge is 0.120 e. The predicted octanol–water partition coefficient (Wildman–Crippen LogP) is 2.51. The second-order valence-corrected chi connectivity index (χ2v) is 5.27. The minimum absolute atomic E-state index is 0.0288. The van der Waals surface area contributed by atoms with Crippen LogP contribution in [0.5, 0.6) is 5.75 Å². The summed E-state index contributed by atoms with van der Waals surface area (Å²) < 4.78 is 0. The van der Waals surface area contributed by atoms with Crippen molar-refractivity contribution < 1.29 is 5.11 Å². The molecule has 3 heteroatoms. The van der Waals surface area contributed by atoms with E-state index in [1.54, 1.807) is 6.07 Å². The number of benzene rings is 1. The molecule has 0 radical (unpaired) electrons. The average molecular weight is 236 g/mol. The van der Waals surface area contributed by atoms with Gasteiger partial charge in [0.15, 0.2) is 0 Å². The number of phenols is 1. The van der Waals surface area contributed by atoms with Crippen molar-refractivity contribution in [3.8, 4) is 5.75 Å². The average Bonchev–Trinajstić information content (AvgIpc) is 2.25. The molecule has 1 unspecified atom stereocenters. The van der Waals surface area contributed by atoms with E-state index in [2.05, 4.69) is 32.6 Å². The molecule has 0 heterocycles. The number of nitrogens with two attached hydrogens (primary N) is 1. The number of hydrogen-bond donors (Lipinski definition) is 2. The fourth-order valence-corrected chi connectivity index (χ4v) is 2.35. The minimum atomic E-state index is 0.0288. The Morgan fingerprint density at radius 1 is 1.29 bits per heavy atom. The number of phenolic OH excluding ortho intramolecular Hbond substituents is 1. The van der Waals surface area contributed by atoms with Crippen molar-refractivity contribution >= 4 is 0 Å². The summed E-state index contributed by atoms with van der Waals surface area (Å²) in [6, 6.07) is 7.49. The van der Waals surface area contributed by atoms with Crippen LogP contribution < -0.4 is 5.73 Å². The fourth-order valence-electron chi connectivity index (χ4n) is 2.35. The largest absolute Gasteiger partial charge is 0.508 e. The second-order valence-electron chi connectivity index (χ2n) is 5.27. The first-order valence-electron chi connectivity index (χ1n) is 6.16.